The highest BCUT2D eigenvalue weighted by Crippen LogP contribution is 2.26. The third-order valence-electron chi connectivity index (χ3n) is 4.88. The average molecular weight is 382 g/mol. The monoisotopic (exact) mass is 381 g/mol. The molecule has 0 unspecified atom stereocenters. The van der Waals surface area contributed by atoms with Crippen molar-refractivity contribution in [2.24, 2.45) is 0 Å². The number of benzene rings is 2. The second kappa shape index (κ2) is 7.45. The van der Waals surface area contributed by atoms with Crippen molar-refractivity contribution in [2.45, 2.75) is 0 Å². The van der Waals surface area contributed by atoms with Crippen LogP contribution in [0.1, 0.15) is 10.5 Å². The highest BCUT2D eigenvalue weighted by molar-refractivity contribution is 6.33. The van der Waals surface area contributed by atoms with Gasteiger partial charge in [0, 0.05) is 31.6 Å². The molecule has 1 saturated heterocycles. The number of carbonyl (C=O) groups excluding carboxylic acids is 1. The highest BCUT2D eigenvalue weighted by atomic mass is 35.5. The largest absolute Gasteiger partial charge is 0.497 e. The number of nitrogens with zero attached hydrogens (tertiary/aromatic N) is 3. The van der Waals surface area contributed by atoms with Gasteiger partial charge < -0.3 is 14.5 Å². The van der Waals surface area contributed by atoms with Crippen LogP contribution in [-0.2, 0) is 0 Å². The molecule has 4 rings (SSSR count). The number of anilines is 1. The Balaban J connectivity index is 1.48. The molecule has 0 aliphatic carbocycles. The zero-order chi connectivity index (χ0) is 18.8. The molecule has 1 aliphatic rings. The van der Waals surface area contributed by atoms with E-state index in [2.05, 4.69) is 9.88 Å². The van der Waals surface area contributed by atoms with E-state index in [-0.39, 0.29) is 5.91 Å². The second-order valence-electron chi connectivity index (χ2n) is 6.49. The van der Waals surface area contributed by atoms with E-state index in [1.807, 2.05) is 53.4 Å². The minimum atomic E-state index is -0.0356. The molecule has 0 atom stereocenters. The highest BCUT2D eigenvalue weighted by Gasteiger charge is 2.24. The van der Waals surface area contributed by atoms with Crippen LogP contribution in [0.3, 0.4) is 0 Å². The molecule has 0 bridgehead atoms. The maximum atomic E-state index is 12.9. The molecule has 0 saturated carbocycles. The summed E-state index contributed by atoms with van der Waals surface area (Å²) in [7, 11) is 1.63. The normalized spacial score (nSPS) is 14.4. The Morgan fingerprint density at radius 2 is 1.81 bits per heavy atom. The lowest BCUT2D eigenvalue weighted by Crippen LogP contribution is -2.49. The number of piperazine rings is 1. The molecule has 0 radical (unpaired) electrons. The van der Waals surface area contributed by atoms with Gasteiger partial charge in [-0.1, -0.05) is 29.8 Å². The molecule has 5 nitrogen and oxygen atoms in total. The van der Waals surface area contributed by atoms with Gasteiger partial charge in [0.15, 0.2) is 0 Å². The van der Waals surface area contributed by atoms with Crippen molar-refractivity contribution in [3.63, 3.8) is 0 Å². The van der Waals surface area contributed by atoms with E-state index in [4.69, 9.17) is 16.3 Å². The lowest BCUT2D eigenvalue weighted by molar-refractivity contribution is 0.0741. The van der Waals surface area contributed by atoms with Gasteiger partial charge in [0.05, 0.1) is 23.3 Å². The van der Waals surface area contributed by atoms with Crippen LogP contribution < -0.4 is 9.64 Å². The molecule has 1 aliphatic heterocycles. The summed E-state index contributed by atoms with van der Waals surface area (Å²) in [5.74, 6) is 0.741. The second-order valence-corrected chi connectivity index (χ2v) is 6.89. The number of amides is 1. The average Bonchev–Trinajstić information content (AvgIpc) is 2.73. The number of ether oxygens (including phenoxy) is 1. The van der Waals surface area contributed by atoms with Crippen molar-refractivity contribution >= 4 is 34.1 Å². The number of para-hydroxylation sites is 1. The van der Waals surface area contributed by atoms with E-state index in [1.165, 1.54) is 0 Å². The van der Waals surface area contributed by atoms with Crippen molar-refractivity contribution in [1.29, 1.82) is 0 Å². The SMILES string of the molecule is COc1ccc2nc(C(=O)N3CCN(c4ccccc4Cl)CC3)ccc2c1. The van der Waals surface area contributed by atoms with Crippen molar-refractivity contribution in [2.75, 3.05) is 38.2 Å². The summed E-state index contributed by atoms with van der Waals surface area (Å²) in [6.45, 7) is 2.79. The van der Waals surface area contributed by atoms with Crippen LogP contribution in [0, 0.1) is 0 Å². The molecule has 1 aromatic heterocycles. The summed E-state index contributed by atoms with van der Waals surface area (Å²) in [6.07, 6.45) is 0. The molecule has 2 aromatic carbocycles. The van der Waals surface area contributed by atoms with Gasteiger partial charge in [-0.15, -0.1) is 0 Å². The fourth-order valence-electron chi connectivity index (χ4n) is 3.37. The van der Waals surface area contributed by atoms with Crippen molar-refractivity contribution in [1.82, 2.24) is 9.88 Å². The van der Waals surface area contributed by atoms with Crippen LogP contribution in [0.5, 0.6) is 5.75 Å². The third kappa shape index (κ3) is 3.55. The lowest BCUT2D eigenvalue weighted by Gasteiger charge is -2.36. The molecule has 6 heteroatoms. The molecule has 1 amide bonds. The number of carbonyl (C=O) groups is 1. The predicted molar refractivity (Wildman–Crippen MR) is 108 cm³/mol. The summed E-state index contributed by atoms with van der Waals surface area (Å²) in [5, 5.41) is 1.69. The Kier molecular flexibility index (Phi) is 4.86. The zero-order valence-corrected chi connectivity index (χ0v) is 15.8. The van der Waals surface area contributed by atoms with Crippen LogP contribution in [-0.4, -0.2) is 49.1 Å². The topological polar surface area (TPSA) is 45.7 Å². The van der Waals surface area contributed by atoms with Gasteiger partial charge in [0.2, 0.25) is 0 Å². The molecular formula is C21H20ClN3O2. The summed E-state index contributed by atoms with van der Waals surface area (Å²) >= 11 is 6.29. The zero-order valence-electron chi connectivity index (χ0n) is 15.1. The Hall–Kier alpha value is -2.79. The molecule has 2 heterocycles. The molecule has 3 aromatic rings. The first-order valence-corrected chi connectivity index (χ1v) is 9.27. The van der Waals surface area contributed by atoms with Crippen molar-refractivity contribution in [3.05, 3.63) is 65.3 Å². The first-order valence-electron chi connectivity index (χ1n) is 8.89. The lowest BCUT2D eigenvalue weighted by atomic mass is 10.1. The Labute approximate surface area is 163 Å². The van der Waals surface area contributed by atoms with Crippen LogP contribution in [0.2, 0.25) is 5.02 Å². The summed E-state index contributed by atoms with van der Waals surface area (Å²) in [6, 6.07) is 17.1. The standard InChI is InChI=1S/C21H20ClN3O2/c1-27-16-7-9-18-15(14-16)6-8-19(23-18)21(26)25-12-10-24(11-13-25)20-5-3-2-4-17(20)22/h2-9,14H,10-13H2,1H3. The van der Waals surface area contributed by atoms with Gasteiger partial charge in [0.25, 0.3) is 5.91 Å². The van der Waals surface area contributed by atoms with E-state index in [9.17, 15) is 4.79 Å². The van der Waals surface area contributed by atoms with Crippen molar-refractivity contribution in [3.8, 4) is 5.75 Å². The number of hydrogen-bond donors (Lipinski definition) is 0. The molecule has 0 spiro atoms. The molecule has 0 N–H and O–H groups in total. The molecule has 27 heavy (non-hydrogen) atoms. The Bertz CT molecular complexity index is 984. The number of hydrogen-bond acceptors (Lipinski definition) is 4. The Morgan fingerprint density at radius 1 is 1.04 bits per heavy atom. The summed E-state index contributed by atoms with van der Waals surface area (Å²) in [5.41, 5.74) is 2.28. The number of rotatable bonds is 3. The number of methoxy groups -OCH3 is 1. The molecule has 138 valence electrons. The van der Waals surface area contributed by atoms with Gasteiger partial charge in [-0.3, -0.25) is 4.79 Å². The van der Waals surface area contributed by atoms with Gasteiger partial charge >= 0.3 is 0 Å². The maximum absolute atomic E-state index is 12.9. The van der Waals surface area contributed by atoms with Crippen molar-refractivity contribution < 1.29 is 9.53 Å². The fraction of sp³-hybridized carbons (Fsp3) is 0.238. The first kappa shape index (κ1) is 17.6. The van der Waals surface area contributed by atoms with E-state index >= 15 is 0 Å². The van der Waals surface area contributed by atoms with Gasteiger partial charge in [-0.2, -0.15) is 0 Å². The van der Waals surface area contributed by atoms with Gasteiger partial charge in [0.1, 0.15) is 11.4 Å². The van der Waals surface area contributed by atoms with E-state index < -0.39 is 0 Å². The third-order valence-corrected chi connectivity index (χ3v) is 5.20. The van der Waals surface area contributed by atoms with Crippen LogP contribution in [0.4, 0.5) is 5.69 Å². The van der Waals surface area contributed by atoms with E-state index in [0.29, 0.717) is 18.8 Å². The summed E-state index contributed by atoms with van der Waals surface area (Å²) in [4.78, 5) is 21.5. The maximum Gasteiger partial charge on any atom is 0.272 e. The van der Waals surface area contributed by atoms with E-state index in [1.54, 1.807) is 13.2 Å². The van der Waals surface area contributed by atoms with Gasteiger partial charge in [-0.05, 0) is 36.4 Å². The van der Waals surface area contributed by atoms with Crippen LogP contribution >= 0.6 is 11.6 Å². The quantitative estimate of drug-likeness (QED) is 0.691. The van der Waals surface area contributed by atoms with Crippen LogP contribution in [0.25, 0.3) is 10.9 Å². The predicted octanol–water partition coefficient (Wildman–Crippen LogP) is 3.86. The fourth-order valence-corrected chi connectivity index (χ4v) is 3.63. The molecule has 1 fully saturated rings. The first-order chi connectivity index (χ1) is 13.2. The minimum absolute atomic E-state index is 0.0356. The summed E-state index contributed by atoms with van der Waals surface area (Å²) < 4.78 is 5.23. The van der Waals surface area contributed by atoms with E-state index in [0.717, 1.165) is 40.5 Å². The minimum Gasteiger partial charge on any atom is -0.497 e. The number of fused-ring (bicyclic) bond motifs is 1. The van der Waals surface area contributed by atoms with Crippen LogP contribution in [0.15, 0.2) is 54.6 Å². The smallest absolute Gasteiger partial charge is 0.272 e. The molecular weight excluding hydrogens is 362 g/mol. The van der Waals surface area contributed by atoms with Gasteiger partial charge in [-0.25, -0.2) is 4.98 Å². The number of pyridine rings is 1. The number of halogens is 1. The number of aromatic nitrogens is 1. The Morgan fingerprint density at radius 3 is 2.56 bits per heavy atom.